The number of hydrogen-bond acceptors (Lipinski definition) is 0. The predicted octanol–water partition coefficient (Wildman–Crippen LogP) is 4.31. The van der Waals surface area contributed by atoms with E-state index in [0.717, 1.165) is 0 Å². The van der Waals surface area contributed by atoms with Gasteiger partial charge in [-0.15, -0.1) is 0 Å². The summed E-state index contributed by atoms with van der Waals surface area (Å²) in [6.07, 6.45) is 0. The molecule has 5 heteroatoms. The summed E-state index contributed by atoms with van der Waals surface area (Å²) in [6.45, 7) is 0. The topological polar surface area (TPSA) is 0 Å². The van der Waals surface area contributed by atoms with Crippen molar-refractivity contribution in [2.45, 2.75) is 3.79 Å². The van der Waals surface area contributed by atoms with Crippen molar-refractivity contribution < 1.29 is 4.39 Å². The molecule has 1 aromatic rings. The summed E-state index contributed by atoms with van der Waals surface area (Å²) in [4.78, 5) is 0. The van der Waals surface area contributed by atoms with Crippen LogP contribution in [0.2, 0.25) is 5.02 Å². The summed E-state index contributed by atoms with van der Waals surface area (Å²) in [7, 11) is 0. The van der Waals surface area contributed by atoms with Crippen LogP contribution < -0.4 is 0 Å². The Morgan fingerprint density at radius 1 is 1.17 bits per heavy atom. The van der Waals surface area contributed by atoms with Gasteiger partial charge in [0.1, 0.15) is 5.82 Å². The van der Waals surface area contributed by atoms with Crippen molar-refractivity contribution in [1.29, 1.82) is 0 Å². The maximum atomic E-state index is 13.1. The third-order valence-corrected chi connectivity index (χ3v) is 2.16. The zero-order valence-corrected chi connectivity index (χ0v) is 8.65. The van der Waals surface area contributed by atoms with Crippen LogP contribution in [0.25, 0.3) is 0 Å². The second kappa shape index (κ2) is 3.59. The lowest BCUT2D eigenvalue weighted by Gasteiger charge is -2.12. The first-order valence-corrected chi connectivity index (χ1v) is 4.45. The van der Waals surface area contributed by atoms with Gasteiger partial charge in [0.05, 0.1) is 5.02 Å². The van der Waals surface area contributed by atoms with Crippen LogP contribution in [0, 0.1) is 5.82 Å². The molecule has 0 aliphatic heterocycles. The first kappa shape index (κ1) is 10.4. The fraction of sp³-hybridized carbons (Fsp3) is 0.143. The Morgan fingerprint density at radius 3 is 2.17 bits per heavy atom. The molecule has 0 fully saturated rings. The van der Waals surface area contributed by atoms with E-state index in [0.29, 0.717) is 0 Å². The molecule has 0 aliphatic rings. The molecule has 0 bridgehead atoms. The fourth-order valence-corrected chi connectivity index (χ4v) is 1.34. The standard InChI is InChI=1S/C7H3Cl4F/c8-5-3-1-2-4(6(5)12)7(9,10)11/h1-3H. The minimum absolute atomic E-state index is 0.0417. The van der Waals surface area contributed by atoms with Gasteiger partial charge in [0, 0.05) is 5.56 Å². The lowest BCUT2D eigenvalue weighted by molar-refractivity contribution is 0.613. The zero-order valence-electron chi connectivity index (χ0n) is 5.62. The molecule has 1 aromatic carbocycles. The van der Waals surface area contributed by atoms with Crippen molar-refractivity contribution >= 4 is 46.4 Å². The molecule has 0 radical (unpaired) electrons. The van der Waals surface area contributed by atoms with Crippen LogP contribution in [-0.2, 0) is 3.79 Å². The van der Waals surface area contributed by atoms with E-state index < -0.39 is 9.61 Å². The van der Waals surface area contributed by atoms with Crippen LogP contribution in [0.15, 0.2) is 18.2 Å². The van der Waals surface area contributed by atoms with Gasteiger partial charge >= 0.3 is 0 Å². The SMILES string of the molecule is Fc1c(Cl)cccc1C(Cl)(Cl)Cl. The van der Waals surface area contributed by atoms with Gasteiger partial charge in [-0.25, -0.2) is 4.39 Å². The first-order valence-electron chi connectivity index (χ1n) is 2.94. The molecule has 0 N–H and O–H groups in total. The number of halogens is 5. The highest BCUT2D eigenvalue weighted by atomic mass is 35.6. The molecule has 0 amide bonds. The Kier molecular flexibility index (Phi) is 3.11. The van der Waals surface area contributed by atoms with Gasteiger partial charge in [-0.3, -0.25) is 0 Å². The summed E-state index contributed by atoms with van der Waals surface area (Å²) in [5.41, 5.74) is -0.0417. The van der Waals surface area contributed by atoms with Gasteiger partial charge < -0.3 is 0 Å². The molecule has 0 aromatic heterocycles. The van der Waals surface area contributed by atoms with Gasteiger partial charge in [-0.05, 0) is 6.07 Å². The molecule has 0 saturated heterocycles. The molecule has 0 heterocycles. The van der Waals surface area contributed by atoms with Gasteiger partial charge in [0.25, 0.3) is 0 Å². The zero-order chi connectivity index (χ0) is 9.35. The number of alkyl halides is 3. The predicted molar refractivity (Wildman–Crippen MR) is 50.6 cm³/mol. The molecular formula is C7H3Cl4F. The van der Waals surface area contributed by atoms with Crippen LogP contribution >= 0.6 is 46.4 Å². The van der Waals surface area contributed by atoms with Gasteiger partial charge in [0.15, 0.2) is 0 Å². The summed E-state index contributed by atoms with van der Waals surface area (Å²) in [5.74, 6) is -0.695. The minimum Gasteiger partial charge on any atom is -0.205 e. The monoisotopic (exact) mass is 246 g/mol. The Morgan fingerprint density at radius 2 is 1.75 bits per heavy atom. The summed E-state index contributed by atoms with van der Waals surface area (Å²) in [6, 6.07) is 4.27. The van der Waals surface area contributed by atoms with Crippen LogP contribution in [-0.4, -0.2) is 0 Å². The Labute approximate surface area is 89.2 Å². The molecule has 0 unspecified atom stereocenters. The quantitative estimate of drug-likeness (QED) is 0.600. The summed E-state index contributed by atoms with van der Waals surface area (Å²) in [5, 5.41) is -0.0566. The highest BCUT2D eigenvalue weighted by Crippen LogP contribution is 2.40. The van der Waals surface area contributed by atoms with Crippen LogP contribution in [0.5, 0.6) is 0 Å². The average Bonchev–Trinajstić information content (AvgIpc) is 1.92. The van der Waals surface area contributed by atoms with Crippen LogP contribution in [0.1, 0.15) is 5.56 Å². The van der Waals surface area contributed by atoms with Crippen molar-refractivity contribution in [3.63, 3.8) is 0 Å². The normalized spacial score (nSPS) is 11.8. The lowest BCUT2D eigenvalue weighted by atomic mass is 10.2. The van der Waals surface area contributed by atoms with E-state index >= 15 is 0 Å². The highest BCUT2D eigenvalue weighted by molar-refractivity contribution is 6.66. The molecule has 0 spiro atoms. The maximum Gasteiger partial charge on any atom is 0.218 e. The second-order valence-electron chi connectivity index (χ2n) is 2.10. The molecule has 0 atom stereocenters. The molecule has 66 valence electrons. The lowest BCUT2D eigenvalue weighted by Crippen LogP contribution is -2.03. The van der Waals surface area contributed by atoms with Crippen molar-refractivity contribution in [2.75, 3.05) is 0 Å². The van der Waals surface area contributed by atoms with E-state index in [1.165, 1.54) is 18.2 Å². The highest BCUT2D eigenvalue weighted by Gasteiger charge is 2.27. The average molecular weight is 248 g/mol. The Balaban J connectivity index is 3.26. The molecule has 0 aliphatic carbocycles. The van der Waals surface area contributed by atoms with Gasteiger partial charge in [-0.2, -0.15) is 0 Å². The second-order valence-corrected chi connectivity index (χ2v) is 4.79. The summed E-state index contributed by atoms with van der Waals surface area (Å²) < 4.78 is 11.3. The van der Waals surface area contributed by atoms with Gasteiger partial charge in [-0.1, -0.05) is 58.5 Å². The third-order valence-electron chi connectivity index (χ3n) is 1.26. The Bertz CT molecular complexity index is 292. The number of rotatable bonds is 0. The van der Waals surface area contributed by atoms with Crippen molar-refractivity contribution in [3.8, 4) is 0 Å². The van der Waals surface area contributed by atoms with E-state index in [4.69, 9.17) is 46.4 Å². The first-order chi connectivity index (χ1) is 5.43. The van der Waals surface area contributed by atoms with E-state index in [-0.39, 0.29) is 10.6 Å². The van der Waals surface area contributed by atoms with E-state index in [9.17, 15) is 4.39 Å². The van der Waals surface area contributed by atoms with Gasteiger partial charge in [0.2, 0.25) is 3.79 Å². The molecular weight excluding hydrogens is 245 g/mol. The molecule has 1 rings (SSSR count). The van der Waals surface area contributed by atoms with Crippen molar-refractivity contribution in [2.24, 2.45) is 0 Å². The smallest absolute Gasteiger partial charge is 0.205 e. The number of benzene rings is 1. The van der Waals surface area contributed by atoms with E-state index in [1.54, 1.807) is 0 Å². The van der Waals surface area contributed by atoms with E-state index in [2.05, 4.69) is 0 Å². The number of hydrogen-bond donors (Lipinski definition) is 0. The largest absolute Gasteiger partial charge is 0.218 e. The fourth-order valence-electron chi connectivity index (χ4n) is 0.723. The van der Waals surface area contributed by atoms with Crippen molar-refractivity contribution in [1.82, 2.24) is 0 Å². The van der Waals surface area contributed by atoms with E-state index in [1.807, 2.05) is 0 Å². The Hall–Kier alpha value is 0.310. The van der Waals surface area contributed by atoms with Crippen molar-refractivity contribution in [3.05, 3.63) is 34.6 Å². The third kappa shape index (κ3) is 2.17. The molecule has 0 saturated carbocycles. The van der Waals surface area contributed by atoms with Crippen LogP contribution in [0.3, 0.4) is 0 Å². The van der Waals surface area contributed by atoms with Crippen LogP contribution in [0.4, 0.5) is 4.39 Å². The summed E-state index contributed by atoms with van der Waals surface area (Å²) >= 11 is 21.9. The molecule has 12 heavy (non-hydrogen) atoms. The minimum atomic E-state index is -1.77. The molecule has 0 nitrogen and oxygen atoms in total. The maximum absolute atomic E-state index is 13.1.